The topological polar surface area (TPSA) is 225 Å². The van der Waals surface area contributed by atoms with Gasteiger partial charge in [-0.3, -0.25) is 9.59 Å². The number of carboxylic acid groups (broad SMARTS) is 1. The van der Waals surface area contributed by atoms with Gasteiger partial charge in [0.15, 0.2) is 0 Å². The van der Waals surface area contributed by atoms with E-state index in [1.165, 1.54) is 6.92 Å². The van der Waals surface area contributed by atoms with E-state index in [1.54, 1.807) is 10.9 Å². The third kappa shape index (κ3) is 31.6. The molecule has 0 saturated carbocycles. The normalized spacial score (nSPS) is 12.0. The van der Waals surface area contributed by atoms with E-state index in [0.717, 1.165) is 0 Å². The molecule has 0 fully saturated rings. The van der Waals surface area contributed by atoms with Crippen LogP contribution in [-0.2, 0) is 74.7 Å². The summed E-state index contributed by atoms with van der Waals surface area (Å²) in [7, 11) is 0. The second kappa shape index (κ2) is 35.0. The predicted octanol–water partition coefficient (Wildman–Crippen LogP) is -1.45. The Bertz CT molecular complexity index is 917. The van der Waals surface area contributed by atoms with Crippen LogP contribution in [0, 0.1) is 0 Å². The predicted molar refractivity (Wildman–Crippen MR) is 177 cm³/mol. The third-order valence-corrected chi connectivity index (χ3v) is 6.14. The fourth-order valence-electron chi connectivity index (χ4n) is 3.61. The summed E-state index contributed by atoms with van der Waals surface area (Å²) in [6.07, 6.45) is 1.79. The highest BCUT2D eigenvalue weighted by atomic mass is 16.6. The average Bonchev–Trinajstić information content (AvgIpc) is 3.54. The molecular formula is C31H59N5O14. The van der Waals surface area contributed by atoms with Gasteiger partial charge in [0, 0.05) is 26.1 Å². The summed E-state index contributed by atoms with van der Waals surface area (Å²) in [6.45, 7) is 12.8. The molecule has 0 radical (unpaired) electrons. The van der Waals surface area contributed by atoms with Crippen molar-refractivity contribution in [3.8, 4) is 0 Å². The summed E-state index contributed by atoms with van der Waals surface area (Å²) in [5.41, 5.74) is 6.02. The van der Waals surface area contributed by atoms with Crippen molar-refractivity contribution in [2.75, 3.05) is 152 Å². The zero-order valence-electron chi connectivity index (χ0n) is 29.5. The Morgan fingerprint density at radius 3 is 1.26 bits per heavy atom. The number of nitrogens with one attached hydrogen (secondary N) is 1. The van der Waals surface area contributed by atoms with Gasteiger partial charge in [0.1, 0.15) is 6.04 Å². The van der Waals surface area contributed by atoms with Gasteiger partial charge < -0.3 is 68.3 Å². The lowest BCUT2D eigenvalue weighted by molar-refractivity contribution is -0.138. The quantitative estimate of drug-likeness (QED) is 0.0660. The van der Waals surface area contributed by atoms with Crippen molar-refractivity contribution in [3.63, 3.8) is 0 Å². The number of carboxylic acids is 1. The van der Waals surface area contributed by atoms with Gasteiger partial charge in [-0.15, -0.1) is 5.10 Å². The molecule has 1 atom stereocenters. The first-order valence-electron chi connectivity index (χ1n) is 17.0. The van der Waals surface area contributed by atoms with Crippen molar-refractivity contribution in [1.82, 2.24) is 20.3 Å². The minimum Gasteiger partial charge on any atom is -0.480 e. The van der Waals surface area contributed by atoms with E-state index >= 15 is 0 Å². The summed E-state index contributed by atoms with van der Waals surface area (Å²) >= 11 is 0. The molecule has 0 bridgehead atoms. The number of aliphatic carboxylic acids is 1. The number of hydrogen-bond donors (Lipinski definition) is 3. The van der Waals surface area contributed by atoms with Gasteiger partial charge in [0.25, 0.3) is 0 Å². The molecule has 1 rings (SSSR count). The van der Waals surface area contributed by atoms with Gasteiger partial charge >= 0.3 is 5.97 Å². The number of amides is 1. The molecule has 4 N–H and O–H groups in total. The molecule has 0 aliphatic rings. The molecule has 0 saturated heterocycles. The van der Waals surface area contributed by atoms with Gasteiger partial charge in [-0.05, 0) is 0 Å². The van der Waals surface area contributed by atoms with Crippen LogP contribution in [0.25, 0.3) is 0 Å². The second-order valence-electron chi connectivity index (χ2n) is 10.3. The highest BCUT2D eigenvalue weighted by Crippen LogP contribution is 1.98. The Balaban J connectivity index is 1.66. The summed E-state index contributed by atoms with van der Waals surface area (Å²) in [4.78, 5) is 21.5. The van der Waals surface area contributed by atoms with Gasteiger partial charge in [-0.1, -0.05) is 5.21 Å². The van der Waals surface area contributed by atoms with Crippen molar-refractivity contribution >= 4 is 11.9 Å². The van der Waals surface area contributed by atoms with E-state index in [1.807, 2.05) is 0 Å². The third-order valence-electron chi connectivity index (χ3n) is 6.14. The van der Waals surface area contributed by atoms with Crippen molar-refractivity contribution < 1.29 is 66.8 Å². The average molecular weight is 726 g/mol. The highest BCUT2D eigenvalue weighted by molar-refractivity contribution is 5.73. The molecule has 0 aliphatic carbocycles. The Kier molecular flexibility index (Phi) is 32.0. The largest absolute Gasteiger partial charge is 0.480 e. The first-order chi connectivity index (χ1) is 24.5. The standard InChI is InChI=1S/C31H59N5O14/c1-28(37)33-2-4-40-6-8-42-10-12-44-14-16-46-18-20-48-22-24-50-25-23-49-21-19-47-17-15-45-13-11-43-9-7-41-5-3-36-27-29(34-35-36)26-30(32)31(38)39/h27,30H,2-26,32H2,1H3,(H,33,37)(H,38,39). The monoisotopic (exact) mass is 725 g/mol. The number of nitrogens with two attached hydrogens (primary N) is 1. The maximum absolute atomic E-state index is 10.8. The smallest absolute Gasteiger partial charge is 0.320 e. The minimum absolute atomic E-state index is 0.0677. The molecule has 0 spiro atoms. The van der Waals surface area contributed by atoms with Gasteiger partial charge in [0.05, 0.1) is 158 Å². The SMILES string of the molecule is CC(=O)NCCOCCOCCOCCOCCOCCOCCOCCOCCOCCOCCOCCn1cc(CC(N)C(=O)O)nn1. The van der Waals surface area contributed by atoms with Crippen LogP contribution >= 0.6 is 0 Å². The van der Waals surface area contributed by atoms with Crippen molar-refractivity contribution in [3.05, 3.63) is 11.9 Å². The molecule has 0 aliphatic heterocycles. The molecule has 1 amide bonds. The minimum atomic E-state index is -1.07. The van der Waals surface area contributed by atoms with E-state index in [0.29, 0.717) is 164 Å². The van der Waals surface area contributed by atoms with E-state index in [2.05, 4.69) is 15.6 Å². The Morgan fingerprint density at radius 2 is 0.940 bits per heavy atom. The second-order valence-corrected chi connectivity index (χ2v) is 10.3. The number of nitrogens with zero attached hydrogens (tertiary/aromatic N) is 3. The van der Waals surface area contributed by atoms with Crippen LogP contribution in [0.1, 0.15) is 12.6 Å². The van der Waals surface area contributed by atoms with Crippen LogP contribution in [0.5, 0.6) is 0 Å². The number of aromatic nitrogens is 3. The van der Waals surface area contributed by atoms with Crippen LogP contribution in [0.2, 0.25) is 0 Å². The fraction of sp³-hybridized carbons (Fsp3) is 0.871. The molecule has 19 nitrogen and oxygen atoms in total. The van der Waals surface area contributed by atoms with Gasteiger partial charge in [0.2, 0.25) is 5.91 Å². The lowest BCUT2D eigenvalue weighted by Gasteiger charge is -2.09. The van der Waals surface area contributed by atoms with E-state index < -0.39 is 12.0 Å². The molecule has 1 heterocycles. The molecule has 0 aromatic carbocycles. The number of hydrogen-bond acceptors (Lipinski definition) is 16. The molecule has 1 aromatic heterocycles. The summed E-state index contributed by atoms with van der Waals surface area (Å²) in [5.74, 6) is -1.14. The Morgan fingerprint density at radius 1 is 0.620 bits per heavy atom. The van der Waals surface area contributed by atoms with Crippen molar-refractivity contribution in [2.45, 2.75) is 25.9 Å². The Hall–Kier alpha value is -2.40. The zero-order chi connectivity index (χ0) is 36.2. The molecule has 50 heavy (non-hydrogen) atoms. The summed E-state index contributed by atoms with van der Waals surface area (Å²) < 4.78 is 61.5. The molecule has 292 valence electrons. The van der Waals surface area contributed by atoms with Crippen LogP contribution in [0.15, 0.2) is 6.20 Å². The van der Waals surface area contributed by atoms with E-state index in [9.17, 15) is 9.59 Å². The summed E-state index contributed by atoms with van der Waals surface area (Å²) in [6, 6.07) is -0.997. The molecule has 1 unspecified atom stereocenters. The van der Waals surface area contributed by atoms with E-state index in [4.69, 9.17) is 62.9 Å². The van der Waals surface area contributed by atoms with Crippen LogP contribution in [-0.4, -0.2) is 190 Å². The number of carbonyl (C=O) groups is 2. The maximum atomic E-state index is 10.8. The lowest BCUT2D eigenvalue weighted by Crippen LogP contribution is -2.32. The first-order valence-corrected chi connectivity index (χ1v) is 17.0. The van der Waals surface area contributed by atoms with Gasteiger partial charge in [-0.2, -0.15) is 0 Å². The molecular weight excluding hydrogens is 666 g/mol. The summed E-state index contributed by atoms with van der Waals surface area (Å²) in [5, 5.41) is 19.3. The Labute approximate surface area is 294 Å². The van der Waals surface area contributed by atoms with Crippen LogP contribution in [0.4, 0.5) is 0 Å². The molecule has 1 aromatic rings. The number of rotatable bonds is 39. The lowest BCUT2D eigenvalue weighted by atomic mass is 10.2. The molecule has 19 heteroatoms. The highest BCUT2D eigenvalue weighted by Gasteiger charge is 2.14. The maximum Gasteiger partial charge on any atom is 0.320 e. The van der Waals surface area contributed by atoms with Crippen molar-refractivity contribution in [1.29, 1.82) is 0 Å². The zero-order valence-corrected chi connectivity index (χ0v) is 29.5. The van der Waals surface area contributed by atoms with E-state index in [-0.39, 0.29) is 12.3 Å². The van der Waals surface area contributed by atoms with Crippen molar-refractivity contribution in [2.24, 2.45) is 5.73 Å². The number of carbonyl (C=O) groups excluding carboxylic acids is 1. The fourth-order valence-corrected chi connectivity index (χ4v) is 3.61. The van der Waals surface area contributed by atoms with Crippen LogP contribution < -0.4 is 11.1 Å². The van der Waals surface area contributed by atoms with Crippen LogP contribution in [0.3, 0.4) is 0 Å². The number of ether oxygens (including phenoxy) is 11. The van der Waals surface area contributed by atoms with Gasteiger partial charge in [-0.25, -0.2) is 4.68 Å². The first kappa shape index (κ1) is 45.6.